The van der Waals surface area contributed by atoms with Crippen LogP contribution < -0.4 is 0 Å². The van der Waals surface area contributed by atoms with Crippen LogP contribution in [0.25, 0.3) is 11.1 Å². The van der Waals surface area contributed by atoms with Gasteiger partial charge in [-0.15, -0.1) is 0 Å². The normalized spacial score (nSPS) is 11.1. The number of nitrogens with one attached hydrogen (secondary N) is 2. The largest absolute Gasteiger partial charge is 0.198 e. The van der Waals surface area contributed by atoms with Crippen LogP contribution in [0.4, 0.5) is 0 Å². The van der Waals surface area contributed by atoms with Gasteiger partial charge in [0.2, 0.25) is 0 Å². The molecule has 0 saturated heterocycles. The number of nitrogens with zero attached hydrogens (tertiary/aromatic N) is 4. The summed E-state index contributed by atoms with van der Waals surface area (Å²) in [5.41, 5.74) is 12.4. The molecule has 0 bridgehead atoms. The number of benzene rings is 4. The lowest BCUT2D eigenvalue weighted by Gasteiger charge is -2.08. The zero-order valence-electron chi connectivity index (χ0n) is 22.4. The molecule has 0 fully saturated rings. The molecule has 2 aromatic heterocycles. The van der Waals surface area contributed by atoms with Crippen LogP contribution in [0.5, 0.6) is 0 Å². The van der Waals surface area contributed by atoms with Gasteiger partial charge in [-0.1, -0.05) is 97.1 Å². The Balaban J connectivity index is 1.00. The van der Waals surface area contributed by atoms with Gasteiger partial charge in [0, 0.05) is 0 Å². The van der Waals surface area contributed by atoms with Crippen molar-refractivity contribution in [2.75, 3.05) is 0 Å². The second-order valence-electron chi connectivity index (χ2n) is 10.3. The fraction of sp³-hybridized carbons (Fsp3) is 0.176. The van der Waals surface area contributed by atoms with Crippen molar-refractivity contribution < 1.29 is 0 Å². The molecule has 6 heteroatoms. The molecule has 0 unspecified atom stereocenters. The Morgan fingerprint density at radius 3 is 1.02 bits per heavy atom. The molecule has 0 amide bonds. The molecule has 2 N–H and O–H groups in total. The van der Waals surface area contributed by atoms with E-state index in [1.54, 1.807) is 12.4 Å². The van der Waals surface area contributed by atoms with Crippen molar-refractivity contribution >= 4 is 0 Å². The predicted molar refractivity (Wildman–Crippen MR) is 158 cm³/mol. The summed E-state index contributed by atoms with van der Waals surface area (Å²) in [6.45, 7) is 0. The summed E-state index contributed by atoms with van der Waals surface area (Å²) in [6, 6.07) is 35.7. The molecule has 0 radical (unpaired) electrons. The summed E-state index contributed by atoms with van der Waals surface area (Å²) in [5, 5.41) is 21.3. The van der Waals surface area contributed by atoms with Gasteiger partial charge in [-0.2, -0.15) is 30.8 Å². The fourth-order valence-corrected chi connectivity index (χ4v) is 4.99. The van der Waals surface area contributed by atoms with Crippen LogP contribution in [0, 0.1) is 0 Å². The van der Waals surface area contributed by atoms with Gasteiger partial charge in [0.1, 0.15) is 0 Å². The van der Waals surface area contributed by atoms with Gasteiger partial charge in [-0.05, 0) is 83.0 Å². The third-order valence-electron chi connectivity index (χ3n) is 7.37. The Morgan fingerprint density at radius 1 is 0.375 bits per heavy atom. The van der Waals surface area contributed by atoms with Crippen LogP contribution in [-0.2, 0) is 38.5 Å². The highest BCUT2D eigenvalue weighted by Gasteiger charge is 2.04. The minimum Gasteiger partial charge on any atom is -0.198 e. The van der Waals surface area contributed by atoms with Gasteiger partial charge >= 0.3 is 0 Å². The monoisotopic (exact) mass is 524 g/mol. The van der Waals surface area contributed by atoms with E-state index in [0.29, 0.717) is 0 Å². The first kappa shape index (κ1) is 25.4. The Labute approximate surface area is 234 Å². The number of aromatic nitrogens is 6. The molecule has 0 aliphatic carbocycles. The first-order valence-electron chi connectivity index (χ1n) is 13.8. The van der Waals surface area contributed by atoms with E-state index in [-0.39, 0.29) is 0 Å². The maximum atomic E-state index is 4.13. The van der Waals surface area contributed by atoms with Gasteiger partial charge in [0.15, 0.2) is 0 Å². The average Bonchev–Trinajstić information content (AvgIpc) is 3.72. The molecule has 6 nitrogen and oxygen atoms in total. The molecule has 198 valence electrons. The van der Waals surface area contributed by atoms with Crippen LogP contribution in [0.1, 0.15) is 44.8 Å². The van der Waals surface area contributed by atoms with Crippen molar-refractivity contribution in [2.24, 2.45) is 0 Å². The molecule has 6 rings (SSSR count). The van der Waals surface area contributed by atoms with Crippen molar-refractivity contribution in [3.8, 4) is 11.1 Å². The smallest absolute Gasteiger partial charge is 0.0828 e. The van der Waals surface area contributed by atoms with Gasteiger partial charge in [0.25, 0.3) is 0 Å². The first-order valence-corrected chi connectivity index (χ1v) is 13.8. The van der Waals surface area contributed by atoms with Gasteiger partial charge in [0.05, 0.1) is 23.8 Å². The molecule has 0 spiro atoms. The Kier molecular flexibility index (Phi) is 7.85. The number of aromatic amines is 2. The standard InChI is InChI=1S/C34H32N6/c1-5-27(6-2-25(1)13-19-33-23-35-39-37-33)21-29-9-15-31(16-10-29)32-17-11-30(12-18-32)22-28-7-3-26(4-8-28)14-20-34-24-36-40-38-34/h1-12,15-18,23-24H,13-14,19-22H2,(H,35,37,39)(H,36,38,40). The third kappa shape index (κ3) is 6.77. The van der Waals surface area contributed by atoms with Crippen LogP contribution >= 0.6 is 0 Å². The second kappa shape index (κ2) is 12.3. The van der Waals surface area contributed by atoms with Crippen molar-refractivity contribution in [3.05, 3.63) is 154 Å². The van der Waals surface area contributed by atoms with E-state index in [1.165, 1.54) is 44.5 Å². The molecule has 0 aliphatic heterocycles. The molecule has 0 aliphatic rings. The molecule has 6 aromatic rings. The van der Waals surface area contributed by atoms with E-state index in [1.807, 2.05) is 0 Å². The van der Waals surface area contributed by atoms with Gasteiger partial charge in [-0.3, -0.25) is 0 Å². The van der Waals surface area contributed by atoms with Crippen molar-refractivity contribution in [1.29, 1.82) is 0 Å². The third-order valence-corrected chi connectivity index (χ3v) is 7.37. The molecular formula is C34H32N6. The van der Waals surface area contributed by atoms with Gasteiger partial charge < -0.3 is 0 Å². The Hall–Kier alpha value is -4.84. The summed E-state index contributed by atoms with van der Waals surface area (Å²) < 4.78 is 0. The minimum atomic E-state index is 0.900. The van der Waals surface area contributed by atoms with E-state index in [0.717, 1.165) is 49.9 Å². The lowest BCUT2D eigenvalue weighted by atomic mass is 9.97. The van der Waals surface area contributed by atoms with Crippen LogP contribution in [0.15, 0.2) is 109 Å². The molecule has 4 aromatic carbocycles. The molecule has 0 atom stereocenters. The number of rotatable bonds is 11. The highest BCUT2D eigenvalue weighted by molar-refractivity contribution is 5.64. The highest BCUT2D eigenvalue weighted by atomic mass is 15.3. The molecule has 2 heterocycles. The molecular weight excluding hydrogens is 492 g/mol. The minimum absolute atomic E-state index is 0.900. The van der Waals surface area contributed by atoms with Crippen molar-refractivity contribution in [1.82, 2.24) is 30.8 Å². The topological polar surface area (TPSA) is 83.1 Å². The Morgan fingerprint density at radius 2 is 0.700 bits per heavy atom. The van der Waals surface area contributed by atoms with E-state index in [4.69, 9.17) is 0 Å². The maximum absolute atomic E-state index is 4.13. The average molecular weight is 525 g/mol. The van der Waals surface area contributed by atoms with E-state index in [2.05, 4.69) is 128 Å². The van der Waals surface area contributed by atoms with E-state index in [9.17, 15) is 0 Å². The summed E-state index contributed by atoms with van der Waals surface area (Å²) in [6.07, 6.45) is 9.18. The molecule has 40 heavy (non-hydrogen) atoms. The summed E-state index contributed by atoms with van der Waals surface area (Å²) in [4.78, 5) is 0. The van der Waals surface area contributed by atoms with E-state index < -0.39 is 0 Å². The lowest BCUT2D eigenvalue weighted by Crippen LogP contribution is -1.94. The summed E-state index contributed by atoms with van der Waals surface area (Å²) in [7, 11) is 0. The van der Waals surface area contributed by atoms with Crippen LogP contribution in [-0.4, -0.2) is 30.8 Å². The first-order chi connectivity index (χ1) is 19.8. The lowest BCUT2D eigenvalue weighted by molar-refractivity contribution is 0.871. The molecule has 0 saturated carbocycles. The summed E-state index contributed by atoms with van der Waals surface area (Å²) >= 11 is 0. The zero-order chi connectivity index (χ0) is 27.0. The van der Waals surface area contributed by atoms with Gasteiger partial charge in [-0.25, -0.2) is 0 Å². The quantitative estimate of drug-likeness (QED) is 0.207. The van der Waals surface area contributed by atoms with E-state index >= 15 is 0 Å². The SMILES string of the molecule is c1cc(Cc2ccc(-c3ccc(Cc4ccc(CCc5cn[nH]n5)cc4)cc3)cc2)ccc1CCc1cn[nH]n1. The fourth-order valence-electron chi connectivity index (χ4n) is 4.99. The highest BCUT2D eigenvalue weighted by Crippen LogP contribution is 2.23. The van der Waals surface area contributed by atoms with Crippen LogP contribution in [0.3, 0.4) is 0 Å². The Bertz CT molecular complexity index is 1460. The number of hydrogen-bond acceptors (Lipinski definition) is 4. The number of H-pyrrole nitrogens is 2. The van der Waals surface area contributed by atoms with Crippen molar-refractivity contribution in [2.45, 2.75) is 38.5 Å². The zero-order valence-corrected chi connectivity index (χ0v) is 22.4. The number of hydrogen-bond donors (Lipinski definition) is 2. The van der Waals surface area contributed by atoms with Crippen LogP contribution in [0.2, 0.25) is 0 Å². The number of aryl methyl sites for hydroxylation is 4. The predicted octanol–water partition coefficient (Wildman–Crippen LogP) is 6.34. The van der Waals surface area contributed by atoms with Crippen molar-refractivity contribution in [3.63, 3.8) is 0 Å². The summed E-state index contributed by atoms with van der Waals surface area (Å²) in [5.74, 6) is 0. The second-order valence-corrected chi connectivity index (χ2v) is 10.3. The maximum Gasteiger partial charge on any atom is 0.0828 e.